The second-order valence-corrected chi connectivity index (χ2v) is 8.46. The largest absolute Gasteiger partial charge is 0.501 e. The summed E-state index contributed by atoms with van der Waals surface area (Å²) in [6, 6.07) is 11.5. The third-order valence-electron chi connectivity index (χ3n) is 5.27. The molecule has 1 unspecified atom stereocenters. The molecule has 1 N–H and O–H groups in total. The molecule has 0 saturated heterocycles. The van der Waals surface area contributed by atoms with Crippen LogP contribution in [0, 0.1) is 5.82 Å². The van der Waals surface area contributed by atoms with Crippen molar-refractivity contribution in [3.63, 3.8) is 0 Å². The van der Waals surface area contributed by atoms with Crippen LogP contribution in [0.15, 0.2) is 60.0 Å². The van der Waals surface area contributed by atoms with E-state index in [-0.39, 0.29) is 30.0 Å². The number of ether oxygens (including phenoxy) is 1. The van der Waals surface area contributed by atoms with Gasteiger partial charge < -0.3 is 10.1 Å². The molecule has 2 heterocycles. The molecule has 2 aliphatic rings. The maximum Gasteiger partial charge on any atom is 0.501 e. The van der Waals surface area contributed by atoms with Crippen LogP contribution < -0.4 is 5.32 Å². The van der Waals surface area contributed by atoms with Crippen LogP contribution >= 0.6 is 11.8 Å². The van der Waals surface area contributed by atoms with Crippen LogP contribution in [0.5, 0.6) is 0 Å². The van der Waals surface area contributed by atoms with Crippen molar-refractivity contribution in [2.24, 2.45) is 0 Å². The molecule has 0 saturated carbocycles. The molecule has 4 amide bonds. The van der Waals surface area contributed by atoms with Gasteiger partial charge in [0.1, 0.15) is 18.1 Å². The molecule has 0 fully saturated rings. The number of para-hydroxylation sites is 1. The first-order valence-electron chi connectivity index (χ1n) is 10.5. The van der Waals surface area contributed by atoms with Gasteiger partial charge >= 0.3 is 17.9 Å². The molecule has 34 heavy (non-hydrogen) atoms. The summed E-state index contributed by atoms with van der Waals surface area (Å²) < 4.78 is 20.4. The SMILES string of the molecule is CCOC(=O)c1ccccc1NC(=O)C[N+]1=C2C=CSC2C(=O)N(Cc2ccccc2F)C1=O. The number of esters is 1. The van der Waals surface area contributed by atoms with E-state index in [1.54, 1.807) is 42.7 Å². The molecule has 2 aromatic rings. The molecule has 0 aliphatic carbocycles. The standard InChI is InChI=1S/C24H20FN3O5S/c1-2-33-23(31)16-8-4-6-10-18(16)26-20(29)14-27-19-11-12-34-21(19)22(30)28(24(27)32)13-15-7-3-5-9-17(15)25/h3-12,21H,2,13-14H2,1H3/p+1. The summed E-state index contributed by atoms with van der Waals surface area (Å²) in [4.78, 5) is 52.2. The minimum atomic E-state index is -0.722. The lowest BCUT2D eigenvalue weighted by Crippen LogP contribution is -2.55. The quantitative estimate of drug-likeness (QED) is 0.481. The van der Waals surface area contributed by atoms with Crippen LogP contribution in [-0.4, -0.2) is 57.4 Å². The number of nitrogens with zero attached hydrogens (tertiary/aromatic N) is 2. The van der Waals surface area contributed by atoms with Crippen molar-refractivity contribution in [1.82, 2.24) is 4.90 Å². The van der Waals surface area contributed by atoms with Gasteiger partial charge in [0, 0.05) is 5.56 Å². The number of anilines is 1. The molecule has 8 nitrogen and oxygen atoms in total. The number of allylic oxidation sites excluding steroid dienone is 1. The summed E-state index contributed by atoms with van der Waals surface area (Å²) in [5.41, 5.74) is 1.00. The van der Waals surface area contributed by atoms with Crippen LogP contribution in [0.25, 0.3) is 0 Å². The number of fused-ring (bicyclic) bond motifs is 1. The molecule has 4 rings (SSSR count). The third kappa shape index (κ3) is 4.62. The van der Waals surface area contributed by atoms with E-state index in [0.29, 0.717) is 5.71 Å². The molecule has 174 valence electrons. The topological polar surface area (TPSA) is 95.8 Å². The predicted octanol–water partition coefficient (Wildman–Crippen LogP) is 3.19. The second kappa shape index (κ2) is 10.0. The summed E-state index contributed by atoms with van der Waals surface area (Å²) in [5, 5.41) is 3.62. The summed E-state index contributed by atoms with van der Waals surface area (Å²) >= 11 is 1.21. The van der Waals surface area contributed by atoms with Crippen molar-refractivity contribution >= 4 is 47.0 Å². The minimum absolute atomic E-state index is 0.180. The van der Waals surface area contributed by atoms with Gasteiger partial charge in [-0.2, -0.15) is 14.3 Å². The first-order valence-corrected chi connectivity index (χ1v) is 11.5. The average molecular weight is 483 g/mol. The van der Waals surface area contributed by atoms with Crippen LogP contribution in [0.3, 0.4) is 0 Å². The van der Waals surface area contributed by atoms with E-state index in [1.165, 1.54) is 40.6 Å². The first-order chi connectivity index (χ1) is 16.4. The van der Waals surface area contributed by atoms with Crippen LogP contribution in [0.2, 0.25) is 0 Å². The molecule has 0 bridgehead atoms. The van der Waals surface area contributed by atoms with Gasteiger partial charge in [-0.15, -0.1) is 11.8 Å². The number of imide groups is 1. The Morgan fingerprint density at radius 1 is 1.15 bits per heavy atom. The Morgan fingerprint density at radius 3 is 2.65 bits per heavy atom. The Hall–Kier alpha value is -3.79. The van der Waals surface area contributed by atoms with Gasteiger partial charge in [0.2, 0.25) is 0 Å². The number of thioether (sulfide) groups is 1. The summed E-state index contributed by atoms with van der Waals surface area (Å²) in [5.74, 6) is -2.15. The van der Waals surface area contributed by atoms with E-state index < -0.39 is 41.4 Å². The lowest BCUT2D eigenvalue weighted by Gasteiger charge is -2.24. The Labute approximate surface area is 199 Å². The number of nitrogens with one attached hydrogen (secondary N) is 1. The fourth-order valence-corrected chi connectivity index (χ4v) is 4.63. The van der Waals surface area contributed by atoms with E-state index in [2.05, 4.69) is 5.32 Å². The monoisotopic (exact) mass is 482 g/mol. The predicted molar refractivity (Wildman–Crippen MR) is 124 cm³/mol. The fourth-order valence-electron chi connectivity index (χ4n) is 3.67. The van der Waals surface area contributed by atoms with E-state index >= 15 is 0 Å². The Morgan fingerprint density at radius 2 is 1.88 bits per heavy atom. The molecule has 2 aliphatic heterocycles. The van der Waals surface area contributed by atoms with Crippen molar-refractivity contribution in [3.05, 3.63) is 77.0 Å². The number of carbonyl (C=O) groups excluding carboxylic acids is 4. The maximum absolute atomic E-state index is 14.2. The lowest BCUT2D eigenvalue weighted by molar-refractivity contribution is -0.426. The Kier molecular flexibility index (Phi) is 6.87. The average Bonchev–Trinajstić information content (AvgIpc) is 3.31. The van der Waals surface area contributed by atoms with Gasteiger partial charge in [0.05, 0.1) is 17.9 Å². The number of halogens is 1. The molecular formula is C24H21FN3O5S+. The smallest absolute Gasteiger partial charge is 0.462 e. The molecule has 2 aromatic carbocycles. The van der Waals surface area contributed by atoms with Gasteiger partial charge in [-0.25, -0.2) is 14.0 Å². The van der Waals surface area contributed by atoms with Crippen molar-refractivity contribution in [2.45, 2.75) is 18.7 Å². The normalized spacial score (nSPS) is 17.1. The zero-order valence-electron chi connectivity index (χ0n) is 18.2. The highest BCUT2D eigenvalue weighted by atomic mass is 32.2. The fraction of sp³-hybridized carbons (Fsp3) is 0.208. The zero-order chi connectivity index (χ0) is 24.2. The second-order valence-electron chi connectivity index (χ2n) is 7.44. The molecule has 0 radical (unpaired) electrons. The van der Waals surface area contributed by atoms with Gasteiger partial charge in [-0.05, 0) is 36.6 Å². The maximum atomic E-state index is 14.2. The Bertz CT molecular complexity index is 1240. The summed E-state index contributed by atoms with van der Waals surface area (Å²) in [6.07, 6.45) is 1.62. The highest BCUT2D eigenvalue weighted by Gasteiger charge is 2.49. The van der Waals surface area contributed by atoms with Crippen molar-refractivity contribution < 1.29 is 32.9 Å². The number of amides is 4. The molecular weight excluding hydrogens is 461 g/mol. The third-order valence-corrected chi connectivity index (χ3v) is 6.28. The first kappa shape index (κ1) is 23.4. The number of hydrogen-bond acceptors (Lipinski definition) is 6. The summed E-state index contributed by atoms with van der Waals surface area (Å²) in [7, 11) is 0. The molecule has 0 spiro atoms. The van der Waals surface area contributed by atoms with E-state index in [0.717, 1.165) is 4.90 Å². The van der Waals surface area contributed by atoms with Crippen LogP contribution in [0.1, 0.15) is 22.8 Å². The lowest BCUT2D eigenvalue weighted by atomic mass is 10.1. The van der Waals surface area contributed by atoms with Crippen LogP contribution in [0.4, 0.5) is 14.9 Å². The van der Waals surface area contributed by atoms with E-state index in [1.807, 2.05) is 0 Å². The van der Waals surface area contributed by atoms with Gasteiger partial charge in [0.15, 0.2) is 11.8 Å². The van der Waals surface area contributed by atoms with E-state index in [4.69, 9.17) is 4.74 Å². The van der Waals surface area contributed by atoms with E-state index in [9.17, 15) is 23.6 Å². The Balaban J connectivity index is 1.58. The number of benzene rings is 2. The van der Waals surface area contributed by atoms with Crippen molar-refractivity contribution in [3.8, 4) is 0 Å². The number of urea groups is 1. The van der Waals surface area contributed by atoms with Crippen molar-refractivity contribution in [1.29, 1.82) is 0 Å². The van der Waals surface area contributed by atoms with Gasteiger partial charge in [-0.1, -0.05) is 30.3 Å². The number of hydrogen-bond donors (Lipinski definition) is 1. The van der Waals surface area contributed by atoms with Gasteiger partial charge in [0.25, 0.3) is 5.91 Å². The number of rotatable bonds is 7. The molecule has 10 heteroatoms. The van der Waals surface area contributed by atoms with Gasteiger partial charge in [-0.3, -0.25) is 4.79 Å². The number of carbonyl (C=O) groups is 4. The highest BCUT2D eigenvalue weighted by molar-refractivity contribution is 8.04. The zero-order valence-corrected chi connectivity index (χ0v) is 19.0. The minimum Gasteiger partial charge on any atom is -0.462 e. The highest BCUT2D eigenvalue weighted by Crippen LogP contribution is 2.29. The summed E-state index contributed by atoms with van der Waals surface area (Å²) in [6.45, 7) is 1.21. The van der Waals surface area contributed by atoms with Crippen molar-refractivity contribution in [2.75, 3.05) is 18.5 Å². The van der Waals surface area contributed by atoms with Crippen LogP contribution in [-0.2, 0) is 20.9 Å². The molecule has 1 atom stereocenters. The molecule has 0 aromatic heterocycles.